The third-order valence-corrected chi connectivity index (χ3v) is 3.42. The van der Waals surface area contributed by atoms with Gasteiger partial charge >= 0.3 is 0 Å². The van der Waals surface area contributed by atoms with Crippen LogP contribution in [0, 0.1) is 5.41 Å². The van der Waals surface area contributed by atoms with Gasteiger partial charge in [0.05, 0.1) is 0 Å². The van der Waals surface area contributed by atoms with Gasteiger partial charge in [0, 0.05) is 23.7 Å². The van der Waals surface area contributed by atoms with Crippen LogP contribution in [0.3, 0.4) is 0 Å². The van der Waals surface area contributed by atoms with Crippen LogP contribution in [0.5, 0.6) is 0 Å². The average Bonchev–Trinajstić information content (AvgIpc) is 2.43. The first kappa shape index (κ1) is 14.3. The van der Waals surface area contributed by atoms with Crippen LogP contribution in [0.2, 0.25) is 0 Å². The van der Waals surface area contributed by atoms with Gasteiger partial charge in [0.15, 0.2) is 0 Å². The quantitative estimate of drug-likeness (QED) is 0.633. The zero-order valence-electron chi connectivity index (χ0n) is 12.7. The molecule has 104 valence electrons. The monoisotopic (exact) mass is 266 g/mol. The predicted octanol–water partition coefficient (Wildman–Crippen LogP) is 4.37. The summed E-state index contributed by atoms with van der Waals surface area (Å²) in [4.78, 5) is 4.36. The van der Waals surface area contributed by atoms with E-state index < -0.39 is 0 Å². The molecule has 0 radical (unpaired) electrons. The van der Waals surface area contributed by atoms with E-state index >= 15 is 0 Å². The maximum atomic E-state index is 4.36. The van der Waals surface area contributed by atoms with Gasteiger partial charge in [-0.15, -0.1) is 0 Å². The summed E-state index contributed by atoms with van der Waals surface area (Å²) in [6.45, 7) is 10.5. The molecule has 0 saturated heterocycles. The molecule has 0 amide bonds. The van der Waals surface area contributed by atoms with Gasteiger partial charge in [0.25, 0.3) is 0 Å². The van der Waals surface area contributed by atoms with Gasteiger partial charge in [-0.2, -0.15) is 0 Å². The van der Waals surface area contributed by atoms with Crippen molar-refractivity contribution in [1.82, 2.24) is 5.32 Å². The first-order valence-electron chi connectivity index (χ1n) is 6.84. The van der Waals surface area contributed by atoms with E-state index in [1.54, 1.807) is 7.05 Å². The summed E-state index contributed by atoms with van der Waals surface area (Å²) in [6, 6.07) is 14.7. The van der Waals surface area contributed by atoms with Crippen molar-refractivity contribution in [3.05, 3.63) is 60.3 Å². The molecule has 0 aliphatic carbocycles. The summed E-state index contributed by atoms with van der Waals surface area (Å²) in [5.74, 6) is 0.857. The van der Waals surface area contributed by atoms with Crippen molar-refractivity contribution in [3.63, 3.8) is 0 Å². The van der Waals surface area contributed by atoms with E-state index in [-0.39, 0.29) is 5.41 Å². The highest BCUT2D eigenvalue weighted by Crippen LogP contribution is 2.22. The summed E-state index contributed by atoms with van der Waals surface area (Å²) < 4.78 is 0. The lowest BCUT2D eigenvalue weighted by Gasteiger charge is -2.24. The number of rotatable bonds is 2. The SMILES string of the molecule is C=C(NC(=NC)c1ccc2ccccc2c1)C(C)(C)C. The van der Waals surface area contributed by atoms with E-state index in [0.29, 0.717) is 0 Å². The maximum absolute atomic E-state index is 4.36. The lowest BCUT2D eigenvalue weighted by molar-refractivity contribution is 0.486. The number of nitrogens with one attached hydrogen (secondary N) is 1. The van der Waals surface area contributed by atoms with Crippen LogP contribution in [0.1, 0.15) is 26.3 Å². The molecule has 0 aromatic heterocycles. The Bertz CT molecular complexity index is 660. The van der Waals surface area contributed by atoms with Crippen LogP contribution >= 0.6 is 0 Å². The molecule has 2 aromatic rings. The van der Waals surface area contributed by atoms with Gasteiger partial charge in [-0.3, -0.25) is 4.99 Å². The van der Waals surface area contributed by atoms with E-state index in [4.69, 9.17) is 0 Å². The Morgan fingerprint density at radius 2 is 1.70 bits per heavy atom. The van der Waals surface area contributed by atoms with Crippen molar-refractivity contribution >= 4 is 16.6 Å². The Kier molecular flexibility index (Phi) is 3.93. The molecular formula is C18H22N2. The van der Waals surface area contributed by atoms with Gasteiger partial charge in [0.2, 0.25) is 0 Å². The molecule has 0 bridgehead atoms. The minimum atomic E-state index is 0.00673. The number of amidine groups is 1. The highest BCUT2D eigenvalue weighted by atomic mass is 15.0. The molecule has 0 aliphatic rings. The van der Waals surface area contributed by atoms with Gasteiger partial charge in [-0.1, -0.05) is 63.7 Å². The third kappa shape index (κ3) is 3.08. The van der Waals surface area contributed by atoms with E-state index in [2.05, 4.69) is 80.1 Å². The van der Waals surface area contributed by atoms with E-state index in [1.807, 2.05) is 0 Å². The zero-order valence-corrected chi connectivity index (χ0v) is 12.7. The molecule has 2 aromatic carbocycles. The van der Waals surface area contributed by atoms with Crippen molar-refractivity contribution in [2.45, 2.75) is 20.8 Å². The topological polar surface area (TPSA) is 24.4 Å². The van der Waals surface area contributed by atoms with Crippen LogP contribution in [0.25, 0.3) is 10.8 Å². The fourth-order valence-electron chi connectivity index (χ4n) is 1.92. The Hall–Kier alpha value is -2.09. The van der Waals surface area contributed by atoms with E-state index in [0.717, 1.165) is 17.1 Å². The fourth-order valence-corrected chi connectivity index (χ4v) is 1.92. The van der Waals surface area contributed by atoms with Crippen molar-refractivity contribution in [3.8, 4) is 0 Å². The second kappa shape index (κ2) is 5.49. The first-order chi connectivity index (χ1) is 9.41. The molecule has 0 unspecified atom stereocenters. The van der Waals surface area contributed by atoms with Crippen molar-refractivity contribution < 1.29 is 0 Å². The van der Waals surface area contributed by atoms with Crippen LogP contribution < -0.4 is 5.32 Å². The van der Waals surface area contributed by atoms with Crippen molar-refractivity contribution in [2.75, 3.05) is 7.05 Å². The minimum Gasteiger partial charge on any atom is -0.344 e. The number of hydrogen-bond acceptors (Lipinski definition) is 1. The molecule has 2 nitrogen and oxygen atoms in total. The molecule has 2 heteroatoms. The van der Waals surface area contributed by atoms with Crippen molar-refractivity contribution in [1.29, 1.82) is 0 Å². The summed E-state index contributed by atoms with van der Waals surface area (Å²) in [6.07, 6.45) is 0. The average molecular weight is 266 g/mol. The molecule has 0 aliphatic heterocycles. The van der Waals surface area contributed by atoms with Crippen LogP contribution in [0.4, 0.5) is 0 Å². The molecule has 2 rings (SSSR count). The van der Waals surface area contributed by atoms with E-state index in [1.165, 1.54) is 10.8 Å². The number of nitrogens with zero attached hydrogens (tertiary/aromatic N) is 1. The van der Waals surface area contributed by atoms with Crippen molar-refractivity contribution in [2.24, 2.45) is 10.4 Å². The molecule has 0 heterocycles. The molecule has 20 heavy (non-hydrogen) atoms. The van der Waals surface area contributed by atoms with Crippen LogP contribution in [-0.4, -0.2) is 12.9 Å². The summed E-state index contributed by atoms with van der Waals surface area (Å²) >= 11 is 0. The van der Waals surface area contributed by atoms with Gasteiger partial charge in [-0.25, -0.2) is 0 Å². The largest absolute Gasteiger partial charge is 0.344 e. The lowest BCUT2D eigenvalue weighted by Crippen LogP contribution is -2.30. The summed E-state index contributed by atoms with van der Waals surface area (Å²) in [7, 11) is 1.80. The van der Waals surface area contributed by atoms with Gasteiger partial charge in [-0.05, 0) is 16.8 Å². The number of benzene rings is 2. The van der Waals surface area contributed by atoms with Gasteiger partial charge in [0.1, 0.15) is 5.84 Å². The number of aliphatic imine (C=N–C) groups is 1. The Balaban J connectivity index is 2.33. The normalized spacial score (nSPS) is 12.5. The Morgan fingerprint density at radius 1 is 1.05 bits per heavy atom. The van der Waals surface area contributed by atoms with Crippen LogP contribution in [-0.2, 0) is 0 Å². The summed E-state index contributed by atoms with van der Waals surface area (Å²) in [5.41, 5.74) is 2.05. The third-order valence-electron chi connectivity index (χ3n) is 3.42. The Morgan fingerprint density at radius 3 is 2.30 bits per heavy atom. The summed E-state index contributed by atoms with van der Waals surface area (Å²) in [5, 5.41) is 5.80. The number of hydrogen-bond donors (Lipinski definition) is 1. The molecular weight excluding hydrogens is 244 g/mol. The highest BCUT2D eigenvalue weighted by molar-refractivity contribution is 6.02. The standard InChI is InChI=1S/C18H22N2/c1-13(18(2,3)4)20-17(19-5)16-11-10-14-8-6-7-9-15(14)12-16/h6-12H,1H2,2-5H3,(H,19,20). The molecule has 0 fully saturated rings. The fraction of sp³-hybridized carbons (Fsp3) is 0.278. The number of fused-ring (bicyclic) bond motifs is 1. The minimum absolute atomic E-state index is 0.00673. The highest BCUT2D eigenvalue weighted by Gasteiger charge is 2.16. The Labute approximate surface area is 121 Å². The number of allylic oxidation sites excluding steroid dienone is 1. The molecule has 1 N–H and O–H groups in total. The first-order valence-corrected chi connectivity index (χ1v) is 6.84. The second-order valence-electron chi connectivity index (χ2n) is 5.99. The zero-order chi connectivity index (χ0) is 14.8. The molecule has 0 atom stereocenters. The molecule has 0 spiro atoms. The molecule has 0 saturated carbocycles. The van der Waals surface area contributed by atoms with Crippen LogP contribution in [0.15, 0.2) is 59.7 Å². The predicted molar refractivity (Wildman–Crippen MR) is 88.1 cm³/mol. The van der Waals surface area contributed by atoms with Gasteiger partial charge < -0.3 is 5.32 Å². The maximum Gasteiger partial charge on any atom is 0.132 e. The smallest absolute Gasteiger partial charge is 0.132 e. The van der Waals surface area contributed by atoms with E-state index in [9.17, 15) is 0 Å². The second-order valence-corrected chi connectivity index (χ2v) is 5.99. The lowest BCUT2D eigenvalue weighted by atomic mass is 9.92.